The van der Waals surface area contributed by atoms with Crippen molar-refractivity contribution in [2.45, 2.75) is 18.8 Å². The first-order valence-electron chi connectivity index (χ1n) is 5.64. The monoisotopic (exact) mass is 250 g/mol. The van der Waals surface area contributed by atoms with Gasteiger partial charge in [0.05, 0.1) is 0 Å². The normalized spacial score (nSPS) is 12.6. The molecule has 1 N–H and O–H groups in total. The molecule has 1 heterocycles. The Balaban J connectivity index is 1.98. The maximum atomic E-state index is 11.3. The number of carbonyl (C=O) groups excluding carboxylic acids is 1. The van der Waals surface area contributed by atoms with Gasteiger partial charge in [0, 0.05) is 24.8 Å². The van der Waals surface area contributed by atoms with Crippen LogP contribution in [0.15, 0.2) is 36.5 Å². The van der Waals surface area contributed by atoms with Gasteiger partial charge >= 0.3 is 0 Å². The van der Waals surface area contributed by atoms with E-state index in [1.165, 1.54) is 10.9 Å². The number of benzene rings is 1. The molecule has 1 aromatic carbocycles. The SMILES string of the molecule is CC(Cl)C(=O)NCCn1ccc2ccccc21. The minimum absolute atomic E-state index is 0.122. The zero-order valence-electron chi connectivity index (χ0n) is 9.69. The first-order valence-corrected chi connectivity index (χ1v) is 6.08. The van der Waals surface area contributed by atoms with Crippen LogP contribution in [0.1, 0.15) is 6.92 Å². The van der Waals surface area contributed by atoms with Gasteiger partial charge in [0.15, 0.2) is 0 Å². The van der Waals surface area contributed by atoms with E-state index < -0.39 is 5.38 Å². The van der Waals surface area contributed by atoms with Crippen LogP contribution in [-0.4, -0.2) is 22.4 Å². The van der Waals surface area contributed by atoms with Crippen molar-refractivity contribution in [3.63, 3.8) is 0 Å². The molecule has 0 saturated carbocycles. The molecule has 0 aliphatic heterocycles. The second-order valence-electron chi connectivity index (χ2n) is 3.97. The minimum atomic E-state index is -0.476. The third kappa shape index (κ3) is 2.80. The van der Waals surface area contributed by atoms with E-state index >= 15 is 0 Å². The fourth-order valence-electron chi connectivity index (χ4n) is 1.78. The predicted octanol–water partition coefficient (Wildman–Crippen LogP) is 2.38. The number of hydrogen-bond donors (Lipinski definition) is 1. The smallest absolute Gasteiger partial charge is 0.237 e. The average Bonchev–Trinajstić information content (AvgIpc) is 2.72. The number of para-hydroxylation sites is 1. The molecular weight excluding hydrogens is 236 g/mol. The van der Waals surface area contributed by atoms with Crippen molar-refractivity contribution >= 4 is 28.4 Å². The number of carbonyl (C=O) groups is 1. The molecule has 0 radical (unpaired) electrons. The van der Waals surface area contributed by atoms with E-state index in [4.69, 9.17) is 11.6 Å². The Kier molecular flexibility index (Phi) is 3.69. The van der Waals surface area contributed by atoms with Gasteiger partial charge < -0.3 is 9.88 Å². The van der Waals surface area contributed by atoms with Crippen molar-refractivity contribution in [2.75, 3.05) is 6.54 Å². The van der Waals surface area contributed by atoms with Crippen LogP contribution in [0.25, 0.3) is 10.9 Å². The molecule has 0 saturated heterocycles. The van der Waals surface area contributed by atoms with Gasteiger partial charge in [-0.1, -0.05) is 18.2 Å². The number of hydrogen-bond acceptors (Lipinski definition) is 1. The summed E-state index contributed by atoms with van der Waals surface area (Å²) in [7, 11) is 0. The number of rotatable bonds is 4. The molecule has 4 heteroatoms. The highest BCUT2D eigenvalue weighted by molar-refractivity contribution is 6.30. The molecule has 0 spiro atoms. The quantitative estimate of drug-likeness (QED) is 0.831. The summed E-state index contributed by atoms with van der Waals surface area (Å²) in [5, 5.41) is 3.53. The van der Waals surface area contributed by atoms with Gasteiger partial charge in [-0.05, 0) is 24.4 Å². The van der Waals surface area contributed by atoms with Gasteiger partial charge in [-0.25, -0.2) is 0 Å². The summed E-state index contributed by atoms with van der Waals surface area (Å²) in [5.74, 6) is -0.122. The van der Waals surface area contributed by atoms with E-state index in [1.807, 2.05) is 18.3 Å². The van der Waals surface area contributed by atoms with E-state index in [0.29, 0.717) is 6.54 Å². The number of aromatic nitrogens is 1. The molecule has 1 amide bonds. The van der Waals surface area contributed by atoms with Crippen LogP contribution in [0.2, 0.25) is 0 Å². The summed E-state index contributed by atoms with van der Waals surface area (Å²) in [5.41, 5.74) is 1.18. The molecule has 2 aromatic rings. The van der Waals surface area contributed by atoms with Crippen molar-refractivity contribution < 1.29 is 4.79 Å². The zero-order chi connectivity index (χ0) is 12.3. The average molecular weight is 251 g/mol. The Labute approximate surface area is 105 Å². The van der Waals surface area contributed by atoms with Gasteiger partial charge in [0.2, 0.25) is 5.91 Å². The standard InChI is InChI=1S/C13H15ClN2O/c1-10(14)13(17)15-7-9-16-8-6-11-4-2-3-5-12(11)16/h2-6,8,10H,7,9H2,1H3,(H,15,17). The summed E-state index contributed by atoms with van der Waals surface area (Å²) in [4.78, 5) is 11.3. The lowest BCUT2D eigenvalue weighted by Crippen LogP contribution is -2.32. The van der Waals surface area contributed by atoms with E-state index in [0.717, 1.165) is 6.54 Å². The number of halogens is 1. The van der Waals surface area contributed by atoms with Gasteiger partial charge in [0.25, 0.3) is 0 Å². The molecule has 0 fully saturated rings. The Hall–Kier alpha value is -1.48. The Morgan fingerprint density at radius 3 is 2.94 bits per heavy atom. The molecule has 1 unspecified atom stereocenters. The Morgan fingerprint density at radius 1 is 1.41 bits per heavy atom. The van der Waals surface area contributed by atoms with Gasteiger partial charge in [-0.15, -0.1) is 11.6 Å². The number of nitrogens with zero attached hydrogens (tertiary/aromatic N) is 1. The van der Waals surface area contributed by atoms with E-state index in [9.17, 15) is 4.79 Å². The Morgan fingerprint density at radius 2 is 2.18 bits per heavy atom. The third-order valence-corrected chi connectivity index (χ3v) is 2.89. The van der Waals surface area contributed by atoms with E-state index in [-0.39, 0.29) is 5.91 Å². The third-order valence-electron chi connectivity index (χ3n) is 2.69. The van der Waals surface area contributed by atoms with Crippen molar-refractivity contribution in [1.29, 1.82) is 0 Å². The predicted molar refractivity (Wildman–Crippen MR) is 70.3 cm³/mol. The zero-order valence-corrected chi connectivity index (χ0v) is 10.4. The number of nitrogens with one attached hydrogen (secondary N) is 1. The molecular formula is C13H15ClN2O. The number of alkyl halides is 1. The second-order valence-corrected chi connectivity index (χ2v) is 4.63. The van der Waals surface area contributed by atoms with Crippen LogP contribution >= 0.6 is 11.6 Å². The lowest BCUT2D eigenvalue weighted by Gasteiger charge is -2.08. The maximum absolute atomic E-state index is 11.3. The Bertz CT molecular complexity index is 519. The fourth-order valence-corrected chi connectivity index (χ4v) is 1.85. The molecule has 2 rings (SSSR count). The van der Waals surface area contributed by atoms with Crippen LogP contribution in [0.4, 0.5) is 0 Å². The van der Waals surface area contributed by atoms with Crippen LogP contribution in [-0.2, 0) is 11.3 Å². The first-order chi connectivity index (χ1) is 8.18. The molecule has 0 aliphatic carbocycles. The van der Waals surface area contributed by atoms with Crippen molar-refractivity contribution in [2.24, 2.45) is 0 Å². The van der Waals surface area contributed by atoms with Gasteiger partial charge in [0.1, 0.15) is 5.38 Å². The van der Waals surface area contributed by atoms with Crippen LogP contribution in [0, 0.1) is 0 Å². The summed E-state index contributed by atoms with van der Waals surface area (Å²) < 4.78 is 2.12. The molecule has 90 valence electrons. The number of amides is 1. The molecule has 17 heavy (non-hydrogen) atoms. The van der Waals surface area contributed by atoms with Crippen molar-refractivity contribution in [3.8, 4) is 0 Å². The molecule has 0 bridgehead atoms. The van der Waals surface area contributed by atoms with Gasteiger partial charge in [-0.3, -0.25) is 4.79 Å². The van der Waals surface area contributed by atoms with Crippen LogP contribution < -0.4 is 5.32 Å². The summed E-state index contributed by atoms with van der Waals surface area (Å²) in [6, 6.07) is 10.2. The summed E-state index contributed by atoms with van der Waals surface area (Å²) >= 11 is 5.67. The molecule has 1 aromatic heterocycles. The highest BCUT2D eigenvalue weighted by atomic mass is 35.5. The lowest BCUT2D eigenvalue weighted by atomic mass is 10.2. The van der Waals surface area contributed by atoms with E-state index in [1.54, 1.807) is 6.92 Å². The topological polar surface area (TPSA) is 34.0 Å². The largest absolute Gasteiger partial charge is 0.353 e. The van der Waals surface area contributed by atoms with Crippen LogP contribution in [0.5, 0.6) is 0 Å². The van der Waals surface area contributed by atoms with Crippen LogP contribution in [0.3, 0.4) is 0 Å². The second kappa shape index (κ2) is 5.23. The summed E-state index contributed by atoms with van der Waals surface area (Å²) in [6.45, 7) is 3.01. The first kappa shape index (κ1) is 12.0. The van der Waals surface area contributed by atoms with Gasteiger partial charge in [-0.2, -0.15) is 0 Å². The molecule has 3 nitrogen and oxygen atoms in total. The molecule has 0 aliphatic rings. The highest BCUT2D eigenvalue weighted by Crippen LogP contribution is 2.14. The maximum Gasteiger partial charge on any atom is 0.237 e. The number of fused-ring (bicyclic) bond motifs is 1. The minimum Gasteiger partial charge on any atom is -0.353 e. The summed E-state index contributed by atoms with van der Waals surface area (Å²) in [6.07, 6.45) is 2.03. The highest BCUT2D eigenvalue weighted by Gasteiger charge is 2.07. The van der Waals surface area contributed by atoms with Crippen molar-refractivity contribution in [1.82, 2.24) is 9.88 Å². The lowest BCUT2D eigenvalue weighted by molar-refractivity contribution is -0.120. The fraction of sp³-hybridized carbons (Fsp3) is 0.308. The van der Waals surface area contributed by atoms with E-state index in [2.05, 4.69) is 28.1 Å². The van der Waals surface area contributed by atoms with Crippen molar-refractivity contribution in [3.05, 3.63) is 36.5 Å². The molecule has 1 atom stereocenters.